The maximum absolute atomic E-state index is 11.6. The van der Waals surface area contributed by atoms with Crippen LogP contribution in [0.1, 0.15) is 65.5 Å². The molecule has 2 aliphatic rings. The van der Waals surface area contributed by atoms with Gasteiger partial charge in [0, 0.05) is 18.7 Å². The Morgan fingerprint density at radius 1 is 1.27 bits per heavy atom. The largest absolute Gasteiger partial charge is 0.488 e. The molecule has 0 radical (unpaired) electrons. The van der Waals surface area contributed by atoms with Gasteiger partial charge in [0.2, 0.25) is 5.88 Å². The molecule has 9 heteroatoms. The van der Waals surface area contributed by atoms with E-state index in [0.717, 1.165) is 61.6 Å². The van der Waals surface area contributed by atoms with Gasteiger partial charge < -0.3 is 19.3 Å². The predicted molar refractivity (Wildman–Crippen MR) is 156 cm³/mol. The summed E-state index contributed by atoms with van der Waals surface area (Å²) in [6.45, 7) is 12.5. The number of carboxylic acids is 1. The molecule has 5 rings (SSSR count). The number of hydrogen-bond donors (Lipinski definition) is 1. The third-order valence-corrected chi connectivity index (χ3v) is 8.00. The zero-order valence-electron chi connectivity index (χ0n) is 24.4. The number of carboxylic acid groups (broad SMARTS) is 1. The molecule has 3 aromatic rings. The number of aryl methyl sites for hydroxylation is 1. The molecule has 1 saturated heterocycles. The Morgan fingerprint density at radius 3 is 2.73 bits per heavy atom. The molecule has 0 saturated carbocycles. The van der Waals surface area contributed by atoms with Crippen LogP contribution in [0.4, 0.5) is 0 Å². The molecule has 41 heavy (non-hydrogen) atoms. The predicted octanol–water partition coefficient (Wildman–Crippen LogP) is 5.34. The molecule has 0 aliphatic carbocycles. The van der Waals surface area contributed by atoms with Crippen LogP contribution < -0.4 is 4.74 Å². The molecule has 4 heterocycles. The lowest BCUT2D eigenvalue weighted by Crippen LogP contribution is -2.50. The second kappa shape index (κ2) is 12.3. The van der Waals surface area contributed by atoms with Crippen LogP contribution in [0.25, 0.3) is 11.4 Å². The van der Waals surface area contributed by atoms with Crippen molar-refractivity contribution in [1.29, 1.82) is 0 Å². The first kappa shape index (κ1) is 28.6. The standard InChI is InChI=1S/C32H38N4O5/c1-6-20(3)30(41-17-22-13-21(4)27-16-35(24-18-40-19-24)12-11-23(27)14-22)25(7-2)28-9-8-10-29(34-28)36-31(39-5)26(15-33-36)32(37)38/h7-10,13-15,24H,6,11-12,16-19H2,1-5H3,(H,37,38)/b25-7-,30-20+. The number of hydrogen-bond acceptors (Lipinski definition) is 7. The Balaban J connectivity index is 1.39. The molecule has 2 aliphatic heterocycles. The number of nitrogens with zero attached hydrogens (tertiary/aromatic N) is 4. The molecule has 0 amide bonds. The smallest absolute Gasteiger partial charge is 0.342 e. The van der Waals surface area contributed by atoms with Crippen molar-refractivity contribution in [3.63, 3.8) is 0 Å². The van der Waals surface area contributed by atoms with Crippen LogP contribution >= 0.6 is 0 Å². The van der Waals surface area contributed by atoms with Crippen molar-refractivity contribution < 1.29 is 24.1 Å². The molecule has 216 valence electrons. The lowest BCUT2D eigenvalue weighted by Gasteiger charge is -2.40. The Hall–Kier alpha value is -3.95. The highest BCUT2D eigenvalue weighted by molar-refractivity contribution is 5.90. The molecule has 0 bridgehead atoms. The van der Waals surface area contributed by atoms with Gasteiger partial charge in [-0.15, -0.1) is 0 Å². The molecule has 1 fully saturated rings. The molecule has 0 unspecified atom stereocenters. The minimum atomic E-state index is -1.11. The maximum Gasteiger partial charge on any atom is 0.342 e. The van der Waals surface area contributed by atoms with Gasteiger partial charge in [-0.2, -0.15) is 9.78 Å². The number of fused-ring (bicyclic) bond motifs is 1. The minimum Gasteiger partial charge on any atom is -0.488 e. The number of carbonyl (C=O) groups is 1. The number of pyridine rings is 1. The zero-order chi connectivity index (χ0) is 29.1. The summed E-state index contributed by atoms with van der Waals surface area (Å²) in [6.07, 6.45) is 5.13. The Kier molecular flexibility index (Phi) is 8.56. The first-order chi connectivity index (χ1) is 19.8. The highest BCUT2D eigenvalue weighted by Gasteiger charge is 2.29. The number of rotatable bonds is 10. The normalized spacial score (nSPS) is 16.6. The van der Waals surface area contributed by atoms with E-state index in [0.29, 0.717) is 24.2 Å². The number of ether oxygens (including phenoxy) is 3. The number of aromatic carboxylic acids is 1. The van der Waals surface area contributed by atoms with Crippen LogP contribution in [0.3, 0.4) is 0 Å². The fraction of sp³-hybridized carbons (Fsp3) is 0.406. The van der Waals surface area contributed by atoms with Crippen molar-refractivity contribution in [2.75, 3.05) is 26.9 Å². The Labute approximate surface area is 241 Å². The fourth-order valence-corrected chi connectivity index (χ4v) is 5.47. The van der Waals surface area contributed by atoms with Crippen molar-refractivity contribution in [3.05, 3.63) is 87.4 Å². The summed E-state index contributed by atoms with van der Waals surface area (Å²) in [5.41, 5.74) is 7.95. The van der Waals surface area contributed by atoms with E-state index in [1.807, 2.05) is 25.1 Å². The summed E-state index contributed by atoms with van der Waals surface area (Å²) < 4.78 is 18.7. The molecule has 2 aromatic heterocycles. The van der Waals surface area contributed by atoms with Gasteiger partial charge in [0.05, 0.1) is 38.3 Å². The summed E-state index contributed by atoms with van der Waals surface area (Å²) in [7, 11) is 1.42. The second-order valence-corrected chi connectivity index (χ2v) is 10.6. The van der Waals surface area contributed by atoms with Gasteiger partial charge in [0.25, 0.3) is 0 Å². The van der Waals surface area contributed by atoms with E-state index in [1.165, 1.54) is 34.7 Å². The molecule has 1 aromatic carbocycles. The van der Waals surface area contributed by atoms with E-state index in [-0.39, 0.29) is 11.4 Å². The third-order valence-electron chi connectivity index (χ3n) is 8.00. The van der Waals surface area contributed by atoms with Gasteiger partial charge in [-0.25, -0.2) is 9.78 Å². The van der Waals surface area contributed by atoms with Crippen LogP contribution in [0.2, 0.25) is 0 Å². The van der Waals surface area contributed by atoms with Crippen molar-refractivity contribution in [1.82, 2.24) is 19.7 Å². The summed E-state index contributed by atoms with van der Waals surface area (Å²) in [6, 6.07) is 10.7. The van der Waals surface area contributed by atoms with Crippen molar-refractivity contribution in [2.24, 2.45) is 0 Å². The van der Waals surface area contributed by atoms with E-state index >= 15 is 0 Å². The minimum absolute atomic E-state index is 0.0261. The third kappa shape index (κ3) is 5.78. The van der Waals surface area contributed by atoms with Crippen molar-refractivity contribution in [3.8, 4) is 11.7 Å². The first-order valence-corrected chi connectivity index (χ1v) is 14.1. The molecule has 0 spiro atoms. The van der Waals surface area contributed by atoms with Gasteiger partial charge in [0.15, 0.2) is 5.82 Å². The van der Waals surface area contributed by atoms with E-state index < -0.39 is 5.97 Å². The molecular weight excluding hydrogens is 520 g/mol. The van der Waals surface area contributed by atoms with E-state index in [4.69, 9.17) is 19.2 Å². The SMILES string of the molecule is C/C=C(\C(OCc1cc(C)c2c(c1)CCN(C1COC1)C2)=C(\C)CC)c1cccc(-n2ncc(C(=O)O)c2OC)n1. The average Bonchev–Trinajstić information content (AvgIpc) is 3.39. The van der Waals surface area contributed by atoms with Gasteiger partial charge in [-0.3, -0.25) is 4.90 Å². The van der Waals surface area contributed by atoms with E-state index in [1.54, 1.807) is 6.07 Å². The summed E-state index contributed by atoms with van der Waals surface area (Å²) in [5, 5.41) is 13.7. The Bertz CT molecular complexity index is 1500. The van der Waals surface area contributed by atoms with Crippen molar-refractivity contribution in [2.45, 2.75) is 59.7 Å². The number of benzene rings is 1. The second-order valence-electron chi connectivity index (χ2n) is 10.6. The molecule has 9 nitrogen and oxygen atoms in total. The summed E-state index contributed by atoms with van der Waals surface area (Å²) in [5.74, 6) is 0.253. The van der Waals surface area contributed by atoms with Crippen molar-refractivity contribution >= 4 is 11.5 Å². The van der Waals surface area contributed by atoms with Crippen LogP contribution in [0.15, 0.2) is 53.9 Å². The van der Waals surface area contributed by atoms with Gasteiger partial charge >= 0.3 is 5.97 Å². The lowest BCUT2D eigenvalue weighted by molar-refractivity contribution is -0.0695. The molecule has 0 atom stereocenters. The molecule has 1 N–H and O–H groups in total. The van der Waals surface area contributed by atoms with Crippen LogP contribution in [-0.2, 0) is 29.0 Å². The summed E-state index contributed by atoms with van der Waals surface area (Å²) in [4.78, 5) is 19.0. The van der Waals surface area contributed by atoms with Gasteiger partial charge in [-0.1, -0.05) is 31.2 Å². The highest BCUT2D eigenvalue weighted by Crippen LogP contribution is 2.31. The molecular formula is C32H38N4O5. The average molecular weight is 559 g/mol. The topological polar surface area (TPSA) is 98.9 Å². The van der Waals surface area contributed by atoms with Gasteiger partial charge in [0.1, 0.15) is 17.9 Å². The van der Waals surface area contributed by atoms with Gasteiger partial charge in [-0.05, 0) is 73.6 Å². The summed E-state index contributed by atoms with van der Waals surface area (Å²) >= 11 is 0. The highest BCUT2D eigenvalue weighted by atomic mass is 16.5. The van der Waals surface area contributed by atoms with Crippen LogP contribution in [0.5, 0.6) is 5.88 Å². The number of aromatic nitrogens is 3. The number of allylic oxidation sites excluding steroid dienone is 3. The monoisotopic (exact) mass is 558 g/mol. The quantitative estimate of drug-likeness (QED) is 0.263. The van der Waals surface area contributed by atoms with Crippen LogP contribution in [0, 0.1) is 6.92 Å². The Morgan fingerprint density at radius 2 is 2.07 bits per heavy atom. The van der Waals surface area contributed by atoms with E-state index in [9.17, 15) is 9.90 Å². The maximum atomic E-state index is 11.6. The lowest BCUT2D eigenvalue weighted by atomic mass is 9.92. The fourth-order valence-electron chi connectivity index (χ4n) is 5.47. The van der Waals surface area contributed by atoms with Crippen LogP contribution in [-0.4, -0.2) is 63.7 Å². The number of methoxy groups -OCH3 is 1. The van der Waals surface area contributed by atoms with E-state index in [2.05, 4.69) is 42.9 Å². The first-order valence-electron chi connectivity index (χ1n) is 14.1. The zero-order valence-corrected chi connectivity index (χ0v) is 24.4.